The molecule has 0 bridgehead atoms. The number of Topliss-reactive ketones (excluding diaryl/α,β-unsaturated/α-hetero) is 1. The van der Waals surface area contributed by atoms with Crippen molar-refractivity contribution < 1.29 is 45.1 Å². The molecule has 3 aromatic rings. The summed E-state index contributed by atoms with van der Waals surface area (Å²) in [6, 6.07) is 12.8. The molecule has 1 atom stereocenters. The zero-order valence-electron chi connectivity index (χ0n) is 20.4. The molecule has 1 aromatic heterocycles. The maximum atomic E-state index is 13.2. The number of nitrogens with one attached hydrogen (secondary N) is 1. The fourth-order valence-corrected chi connectivity index (χ4v) is 5.13. The summed E-state index contributed by atoms with van der Waals surface area (Å²) in [5.41, 5.74) is 1.18. The van der Waals surface area contributed by atoms with Crippen molar-refractivity contribution in [2.24, 2.45) is 11.0 Å². The van der Waals surface area contributed by atoms with Crippen LogP contribution in [0.5, 0.6) is 5.75 Å². The molecule has 204 valence electrons. The van der Waals surface area contributed by atoms with Crippen LogP contribution in [0, 0.1) is 5.92 Å². The van der Waals surface area contributed by atoms with Crippen LogP contribution in [0.2, 0.25) is 0 Å². The van der Waals surface area contributed by atoms with Gasteiger partial charge >= 0.3 is 6.36 Å². The number of rotatable bonds is 8. The number of halogens is 3. The summed E-state index contributed by atoms with van der Waals surface area (Å²) in [6.45, 7) is 2.28. The van der Waals surface area contributed by atoms with Crippen molar-refractivity contribution in [2.75, 3.05) is 5.01 Å². The topological polar surface area (TPSA) is 135 Å². The van der Waals surface area contributed by atoms with Crippen LogP contribution in [0.1, 0.15) is 19.4 Å². The first-order valence-corrected chi connectivity index (χ1v) is 12.7. The fraction of sp³-hybridized carbons (Fsp3) is 0.200. The molecular weight excluding hydrogens is 543 g/mol. The Balaban J connectivity index is 1.61. The molecule has 0 spiro atoms. The Morgan fingerprint density at radius 3 is 2.51 bits per heavy atom. The zero-order chi connectivity index (χ0) is 28.5. The Labute approximate surface area is 220 Å². The largest absolute Gasteiger partial charge is 0.573 e. The molecular formula is C25H20F3N3O7S. The van der Waals surface area contributed by atoms with Crippen LogP contribution in [-0.4, -0.2) is 38.1 Å². The monoisotopic (exact) mass is 563 g/mol. The predicted molar refractivity (Wildman–Crippen MR) is 131 cm³/mol. The quantitative estimate of drug-likeness (QED) is 0.412. The molecule has 1 aliphatic heterocycles. The molecule has 14 heteroatoms. The lowest BCUT2D eigenvalue weighted by molar-refractivity contribution is -0.275. The predicted octanol–water partition coefficient (Wildman–Crippen LogP) is 3.82. The van der Waals surface area contributed by atoms with E-state index >= 15 is 0 Å². The molecule has 2 aromatic carbocycles. The van der Waals surface area contributed by atoms with Crippen molar-refractivity contribution in [3.05, 3.63) is 66.4 Å². The average molecular weight is 564 g/mol. The summed E-state index contributed by atoms with van der Waals surface area (Å²) in [4.78, 5) is 36.6. The Hall–Kier alpha value is -4.46. The van der Waals surface area contributed by atoms with Crippen molar-refractivity contribution in [3.8, 4) is 17.1 Å². The Kier molecular flexibility index (Phi) is 7.33. The summed E-state index contributed by atoms with van der Waals surface area (Å²) in [5.74, 6) is -4.23. The molecule has 10 nitrogen and oxygen atoms in total. The number of amides is 2. The highest BCUT2D eigenvalue weighted by Crippen LogP contribution is 2.35. The van der Waals surface area contributed by atoms with Crippen molar-refractivity contribution in [2.45, 2.75) is 31.5 Å². The zero-order valence-corrected chi connectivity index (χ0v) is 21.2. The van der Waals surface area contributed by atoms with E-state index in [1.54, 1.807) is 41.1 Å². The summed E-state index contributed by atoms with van der Waals surface area (Å²) < 4.78 is 74.5. The third kappa shape index (κ3) is 6.17. The van der Waals surface area contributed by atoms with E-state index < -0.39 is 50.5 Å². The minimum absolute atomic E-state index is 0.106. The third-order valence-corrected chi connectivity index (χ3v) is 6.98. The molecule has 0 saturated heterocycles. The molecule has 39 heavy (non-hydrogen) atoms. The van der Waals surface area contributed by atoms with Gasteiger partial charge in [-0.25, -0.2) is 13.1 Å². The molecule has 4 rings (SSSR count). The molecule has 1 N–H and O–H groups in total. The number of hydrazone groups is 1. The molecule has 0 radical (unpaired) electrons. The molecule has 0 fully saturated rings. The molecule has 0 aliphatic carbocycles. The van der Waals surface area contributed by atoms with Crippen molar-refractivity contribution in [3.63, 3.8) is 0 Å². The standard InChI is InChI=1S/C25H20F3N3O7S/c1-14-23(19(33)12-16-5-3-6-17(11-16)20-7-4-10-37-20)24(34)31(29-14)18-8-9-21(38-25(26,27)28)22(13-18)39(35,36)30-15(2)32/h3-11,13,23H,12H2,1-2H3,(H,30,32). The maximum absolute atomic E-state index is 13.2. The van der Waals surface area contributed by atoms with E-state index in [4.69, 9.17) is 4.42 Å². The lowest BCUT2D eigenvalue weighted by Gasteiger charge is -2.18. The SMILES string of the molecule is CC(=O)NS(=O)(=O)c1cc(N2N=C(C)C(C(=O)Cc3cccc(-c4ccco4)c3)C2=O)ccc1OC(F)(F)F. The summed E-state index contributed by atoms with van der Waals surface area (Å²) in [5, 5.41) is 4.77. The van der Waals surface area contributed by atoms with Gasteiger partial charge in [0.1, 0.15) is 22.3 Å². The van der Waals surface area contributed by atoms with E-state index in [-0.39, 0.29) is 17.8 Å². The second kappa shape index (κ2) is 10.4. The van der Waals surface area contributed by atoms with Gasteiger partial charge in [-0.05, 0) is 48.9 Å². The number of anilines is 1. The lowest BCUT2D eigenvalue weighted by atomic mass is 9.93. The number of ketones is 1. The van der Waals surface area contributed by atoms with Crippen molar-refractivity contribution in [1.29, 1.82) is 0 Å². The van der Waals surface area contributed by atoms with Gasteiger partial charge in [0, 0.05) is 18.9 Å². The molecule has 1 unspecified atom stereocenters. The normalized spacial score (nSPS) is 15.7. The van der Waals surface area contributed by atoms with Crippen LogP contribution in [0.4, 0.5) is 18.9 Å². The van der Waals surface area contributed by atoms with Gasteiger partial charge in [-0.3, -0.25) is 14.4 Å². The van der Waals surface area contributed by atoms with E-state index in [2.05, 4.69) is 9.84 Å². The number of nitrogens with zero attached hydrogens (tertiary/aromatic N) is 2. The number of ether oxygens (including phenoxy) is 1. The smallest absolute Gasteiger partial charge is 0.464 e. The van der Waals surface area contributed by atoms with Crippen LogP contribution in [-0.2, 0) is 30.8 Å². The van der Waals surface area contributed by atoms with Crippen LogP contribution in [0.3, 0.4) is 0 Å². The van der Waals surface area contributed by atoms with Gasteiger partial charge in [-0.15, -0.1) is 13.2 Å². The number of sulfonamides is 1. The van der Waals surface area contributed by atoms with Gasteiger partial charge in [0.25, 0.3) is 15.9 Å². The highest BCUT2D eigenvalue weighted by molar-refractivity contribution is 7.90. The van der Waals surface area contributed by atoms with Gasteiger partial charge in [0.15, 0.2) is 5.78 Å². The number of furan rings is 1. The number of hydrogen-bond acceptors (Lipinski definition) is 8. The average Bonchev–Trinajstić information content (AvgIpc) is 3.46. The maximum Gasteiger partial charge on any atom is 0.573 e. The van der Waals surface area contributed by atoms with Crippen LogP contribution in [0.25, 0.3) is 11.3 Å². The molecule has 0 saturated carbocycles. The first-order chi connectivity index (χ1) is 18.2. The van der Waals surface area contributed by atoms with Gasteiger partial charge in [0.05, 0.1) is 17.7 Å². The fourth-order valence-electron chi connectivity index (χ4n) is 3.99. The summed E-state index contributed by atoms with van der Waals surface area (Å²) in [6.07, 6.45) is -3.87. The highest BCUT2D eigenvalue weighted by atomic mass is 32.2. The molecule has 2 amide bonds. The highest BCUT2D eigenvalue weighted by Gasteiger charge is 2.40. The minimum atomic E-state index is -5.24. The van der Waals surface area contributed by atoms with Crippen LogP contribution < -0.4 is 14.5 Å². The van der Waals surface area contributed by atoms with E-state index in [9.17, 15) is 36.0 Å². The lowest BCUT2D eigenvalue weighted by Crippen LogP contribution is -2.34. The number of hydrogen-bond donors (Lipinski definition) is 1. The van der Waals surface area contributed by atoms with E-state index in [1.165, 1.54) is 13.2 Å². The minimum Gasteiger partial charge on any atom is -0.464 e. The number of benzene rings is 2. The Morgan fingerprint density at radius 2 is 1.87 bits per heavy atom. The molecule has 1 aliphatic rings. The first kappa shape index (κ1) is 27.6. The summed E-state index contributed by atoms with van der Waals surface area (Å²) >= 11 is 0. The second-order valence-corrected chi connectivity index (χ2v) is 10.1. The number of carbonyl (C=O) groups excluding carboxylic acids is 3. The Bertz CT molecular complexity index is 1580. The van der Waals surface area contributed by atoms with Crippen LogP contribution >= 0.6 is 0 Å². The van der Waals surface area contributed by atoms with E-state index in [0.29, 0.717) is 23.5 Å². The van der Waals surface area contributed by atoms with Crippen molar-refractivity contribution in [1.82, 2.24) is 4.72 Å². The molecule has 2 heterocycles. The third-order valence-electron chi connectivity index (χ3n) is 5.53. The number of alkyl halides is 3. The van der Waals surface area contributed by atoms with Crippen LogP contribution in [0.15, 0.2) is 75.3 Å². The van der Waals surface area contributed by atoms with E-state index in [0.717, 1.165) is 23.6 Å². The van der Waals surface area contributed by atoms with Gasteiger partial charge in [-0.1, -0.05) is 18.2 Å². The van der Waals surface area contributed by atoms with Gasteiger partial charge in [-0.2, -0.15) is 10.1 Å². The first-order valence-electron chi connectivity index (χ1n) is 11.2. The van der Waals surface area contributed by atoms with Crippen molar-refractivity contribution >= 4 is 39.0 Å². The summed E-state index contributed by atoms with van der Waals surface area (Å²) in [7, 11) is -4.82. The van der Waals surface area contributed by atoms with E-state index in [1.807, 2.05) is 0 Å². The van der Waals surface area contributed by atoms with Gasteiger partial charge in [0.2, 0.25) is 5.91 Å². The Morgan fingerprint density at radius 1 is 1.13 bits per heavy atom. The number of carbonyl (C=O) groups is 3. The van der Waals surface area contributed by atoms with Gasteiger partial charge < -0.3 is 9.15 Å². The second-order valence-electron chi connectivity index (χ2n) is 8.49.